The van der Waals surface area contributed by atoms with Gasteiger partial charge in [-0.05, 0) is 74.1 Å². The fourth-order valence-corrected chi connectivity index (χ4v) is 5.69. The summed E-state index contributed by atoms with van der Waals surface area (Å²) in [6.07, 6.45) is 2.70. The van der Waals surface area contributed by atoms with Crippen molar-refractivity contribution in [2.75, 3.05) is 39.9 Å². The van der Waals surface area contributed by atoms with Crippen LogP contribution in [0.15, 0.2) is 22.9 Å². The molecule has 0 aliphatic carbocycles. The molecule has 3 rings (SSSR count). The zero-order chi connectivity index (χ0) is 26.1. The number of carbonyl (C=O) groups is 2. The maximum absolute atomic E-state index is 12.9. The highest BCUT2D eigenvalue weighted by Crippen LogP contribution is 2.22. The average molecular weight is 536 g/mol. The van der Waals surface area contributed by atoms with Crippen LogP contribution in [-0.2, 0) is 11.3 Å². The normalized spacial score (nSPS) is 15.5. The molecule has 198 valence electrons. The van der Waals surface area contributed by atoms with Crippen LogP contribution in [0.1, 0.15) is 53.4 Å². The molecule has 2 aromatic rings. The third-order valence-corrected chi connectivity index (χ3v) is 7.71. The first-order valence-electron chi connectivity index (χ1n) is 12.5. The number of halogens is 1. The number of hydrogen-bond donors (Lipinski definition) is 2. The molecule has 10 heteroatoms. The Hall–Kier alpha value is -2.20. The summed E-state index contributed by atoms with van der Waals surface area (Å²) < 4.78 is 5.08. The van der Waals surface area contributed by atoms with E-state index in [2.05, 4.69) is 38.9 Å². The van der Waals surface area contributed by atoms with Crippen molar-refractivity contribution in [1.82, 2.24) is 25.4 Å². The monoisotopic (exact) mass is 535 g/mol. The number of aromatic nitrogens is 1. The maximum atomic E-state index is 12.9. The fourth-order valence-electron chi connectivity index (χ4n) is 4.74. The summed E-state index contributed by atoms with van der Waals surface area (Å²) in [5.74, 6) is -0.108. The Morgan fingerprint density at radius 1 is 1.28 bits per heavy atom. The first kappa shape index (κ1) is 28.4. The van der Waals surface area contributed by atoms with Crippen molar-refractivity contribution in [3.63, 3.8) is 0 Å². The zero-order valence-electron chi connectivity index (χ0n) is 21.7. The fraction of sp³-hybridized carbons (Fsp3) is 0.577. The van der Waals surface area contributed by atoms with Gasteiger partial charge in [-0.1, -0.05) is 11.6 Å². The highest BCUT2D eigenvalue weighted by atomic mass is 35.5. The molecule has 1 unspecified atom stereocenters. The Balaban J connectivity index is 1.48. The van der Waals surface area contributed by atoms with Gasteiger partial charge < -0.3 is 25.2 Å². The van der Waals surface area contributed by atoms with Crippen LogP contribution in [0.2, 0.25) is 5.15 Å². The number of nitrogens with zero attached hydrogens (tertiary/aromatic N) is 3. The molecule has 1 aliphatic rings. The van der Waals surface area contributed by atoms with E-state index < -0.39 is 0 Å². The molecule has 1 atom stereocenters. The summed E-state index contributed by atoms with van der Waals surface area (Å²) in [6.45, 7) is 9.94. The summed E-state index contributed by atoms with van der Waals surface area (Å²) in [4.78, 5) is 34.3. The topological polar surface area (TPSA) is 86.8 Å². The summed E-state index contributed by atoms with van der Waals surface area (Å²) in [5, 5.41) is 10.6. The summed E-state index contributed by atoms with van der Waals surface area (Å²) in [6, 6.07) is 4.29. The molecule has 0 spiro atoms. The first-order chi connectivity index (χ1) is 17.3. The number of amides is 3. The molecule has 1 fully saturated rings. The molecule has 0 bridgehead atoms. The number of hydrogen-bond acceptors (Lipinski definition) is 6. The van der Waals surface area contributed by atoms with Crippen molar-refractivity contribution in [3.05, 3.63) is 50.4 Å². The second-order valence-electron chi connectivity index (χ2n) is 9.37. The molecule has 8 nitrogen and oxygen atoms in total. The Morgan fingerprint density at radius 2 is 2.03 bits per heavy atom. The van der Waals surface area contributed by atoms with Crippen LogP contribution >= 0.6 is 22.9 Å². The third-order valence-electron chi connectivity index (χ3n) is 6.78. The van der Waals surface area contributed by atoms with E-state index in [1.165, 1.54) is 0 Å². The quantitative estimate of drug-likeness (QED) is 0.332. The van der Waals surface area contributed by atoms with E-state index in [9.17, 15) is 9.59 Å². The molecular formula is C26H38ClN5O3S. The van der Waals surface area contributed by atoms with Crippen LogP contribution in [0.4, 0.5) is 4.79 Å². The largest absolute Gasteiger partial charge is 0.383 e. The molecule has 3 amide bonds. The lowest BCUT2D eigenvalue weighted by molar-refractivity contribution is 0.0899. The molecule has 36 heavy (non-hydrogen) atoms. The van der Waals surface area contributed by atoms with Gasteiger partial charge in [-0.15, -0.1) is 0 Å². The predicted molar refractivity (Wildman–Crippen MR) is 145 cm³/mol. The third kappa shape index (κ3) is 7.90. The Bertz CT molecular complexity index is 972. The van der Waals surface area contributed by atoms with Gasteiger partial charge in [-0.3, -0.25) is 4.79 Å². The Kier molecular flexibility index (Phi) is 11.0. The Labute approximate surface area is 223 Å². The summed E-state index contributed by atoms with van der Waals surface area (Å²) in [7, 11) is 1.63. The number of ether oxygens (including phenoxy) is 1. The summed E-state index contributed by atoms with van der Waals surface area (Å²) in [5.41, 5.74) is 3.24. The van der Waals surface area contributed by atoms with Crippen molar-refractivity contribution in [2.45, 2.75) is 58.7 Å². The molecule has 3 heterocycles. The molecule has 2 aromatic heterocycles. The number of likely N-dealkylation sites (tertiary alicyclic amines) is 1. The second kappa shape index (κ2) is 13.9. The minimum atomic E-state index is -0.108. The zero-order valence-corrected chi connectivity index (χ0v) is 23.3. The van der Waals surface area contributed by atoms with Gasteiger partial charge in [0.1, 0.15) is 5.15 Å². The van der Waals surface area contributed by atoms with Gasteiger partial charge in [0.25, 0.3) is 5.91 Å². The Morgan fingerprint density at radius 3 is 2.67 bits per heavy atom. The van der Waals surface area contributed by atoms with Crippen LogP contribution in [0.5, 0.6) is 0 Å². The van der Waals surface area contributed by atoms with E-state index >= 15 is 0 Å². The number of urea groups is 1. The molecule has 0 radical (unpaired) electrons. The molecular weight excluding hydrogens is 498 g/mol. The van der Waals surface area contributed by atoms with Crippen molar-refractivity contribution >= 4 is 34.9 Å². The molecule has 1 aliphatic heterocycles. The van der Waals surface area contributed by atoms with E-state index in [1.54, 1.807) is 31.4 Å². The minimum Gasteiger partial charge on any atom is -0.383 e. The van der Waals surface area contributed by atoms with Gasteiger partial charge in [0.2, 0.25) is 0 Å². The minimum absolute atomic E-state index is 0.0327. The van der Waals surface area contributed by atoms with Crippen molar-refractivity contribution in [1.29, 1.82) is 0 Å². The highest BCUT2D eigenvalue weighted by Gasteiger charge is 2.29. The van der Waals surface area contributed by atoms with E-state index in [4.69, 9.17) is 16.3 Å². The van der Waals surface area contributed by atoms with Crippen LogP contribution in [0.3, 0.4) is 0 Å². The van der Waals surface area contributed by atoms with Crippen LogP contribution < -0.4 is 10.6 Å². The van der Waals surface area contributed by atoms with Gasteiger partial charge in [0, 0.05) is 51.9 Å². The van der Waals surface area contributed by atoms with Crippen LogP contribution in [0, 0.1) is 13.8 Å². The number of nitrogens with one attached hydrogen (secondary N) is 2. The van der Waals surface area contributed by atoms with E-state index in [-0.39, 0.29) is 18.0 Å². The standard InChI is InChI=1S/C26H38ClN5O3S/c1-18-15-23(27)30-20(3)24(18)25(33)28-9-5-19(2)31-11-6-22(7-12-31)32(16-21-8-14-36-17-21)26(34)29-10-13-35-4/h8,14-15,17,19,22H,5-7,9-13,16H2,1-4H3,(H,28,33)(H,29,34). The van der Waals surface area contributed by atoms with E-state index in [1.807, 2.05) is 17.2 Å². The number of rotatable bonds is 11. The lowest BCUT2D eigenvalue weighted by Gasteiger charge is -2.40. The number of thiophene rings is 1. The van der Waals surface area contributed by atoms with E-state index in [0.29, 0.717) is 48.7 Å². The summed E-state index contributed by atoms with van der Waals surface area (Å²) >= 11 is 7.64. The maximum Gasteiger partial charge on any atom is 0.318 e. The van der Waals surface area contributed by atoms with Gasteiger partial charge in [0.05, 0.1) is 17.9 Å². The van der Waals surface area contributed by atoms with Gasteiger partial charge >= 0.3 is 6.03 Å². The number of pyridine rings is 1. The van der Waals surface area contributed by atoms with Crippen molar-refractivity contribution < 1.29 is 14.3 Å². The van der Waals surface area contributed by atoms with Crippen molar-refractivity contribution in [3.8, 4) is 0 Å². The van der Waals surface area contributed by atoms with Crippen LogP contribution in [0.25, 0.3) is 0 Å². The van der Waals surface area contributed by atoms with Gasteiger partial charge in [0.15, 0.2) is 0 Å². The molecule has 0 aromatic carbocycles. The average Bonchev–Trinajstić information content (AvgIpc) is 3.35. The smallest absolute Gasteiger partial charge is 0.318 e. The molecule has 0 saturated carbocycles. The lowest BCUT2D eigenvalue weighted by atomic mass is 10.0. The highest BCUT2D eigenvalue weighted by molar-refractivity contribution is 7.07. The number of methoxy groups -OCH3 is 1. The number of carbonyl (C=O) groups excluding carboxylic acids is 2. The van der Waals surface area contributed by atoms with Gasteiger partial charge in [-0.25, -0.2) is 9.78 Å². The lowest BCUT2D eigenvalue weighted by Crippen LogP contribution is -2.52. The number of aryl methyl sites for hydroxylation is 2. The van der Waals surface area contributed by atoms with E-state index in [0.717, 1.165) is 43.5 Å². The number of piperidine rings is 1. The van der Waals surface area contributed by atoms with Crippen molar-refractivity contribution in [2.24, 2.45) is 0 Å². The molecule has 2 N–H and O–H groups in total. The first-order valence-corrected chi connectivity index (χ1v) is 13.8. The second-order valence-corrected chi connectivity index (χ2v) is 10.5. The molecule has 1 saturated heterocycles. The van der Waals surface area contributed by atoms with Gasteiger partial charge in [-0.2, -0.15) is 11.3 Å². The predicted octanol–water partition coefficient (Wildman–Crippen LogP) is 4.24. The SMILES string of the molecule is COCCNC(=O)N(Cc1ccsc1)C1CCN(C(C)CCNC(=O)c2c(C)cc(Cl)nc2C)CC1. The van der Waals surface area contributed by atoms with Crippen LogP contribution in [-0.4, -0.2) is 78.7 Å².